The van der Waals surface area contributed by atoms with Crippen LogP contribution in [0.4, 0.5) is 0 Å². The predicted molar refractivity (Wildman–Crippen MR) is 123 cm³/mol. The smallest absolute Gasteiger partial charge is 0.240 e. The number of hydrogen-bond donors (Lipinski definition) is 2. The van der Waals surface area contributed by atoms with Crippen LogP contribution in [0.25, 0.3) is 11.1 Å². The van der Waals surface area contributed by atoms with Gasteiger partial charge in [-0.2, -0.15) is 10.5 Å². The highest BCUT2D eigenvalue weighted by Gasteiger charge is 2.33. The molecule has 2 N–H and O–H groups in total. The van der Waals surface area contributed by atoms with Crippen molar-refractivity contribution in [2.45, 2.75) is 43.5 Å². The predicted octanol–water partition coefficient (Wildman–Crippen LogP) is 3.43. The second kappa shape index (κ2) is 11.4. The van der Waals surface area contributed by atoms with Gasteiger partial charge in [0.05, 0.1) is 32.9 Å². The molecule has 0 saturated carbocycles. The lowest BCUT2D eigenvalue weighted by Gasteiger charge is -2.33. The summed E-state index contributed by atoms with van der Waals surface area (Å²) >= 11 is 0. The molecule has 1 aliphatic rings. The number of nitrogens with one attached hydrogen (secondary N) is 2. The second-order valence-corrected chi connectivity index (χ2v) is 9.05. The fourth-order valence-electron chi connectivity index (χ4n) is 3.34. The van der Waals surface area contributed by atoms with E-state index in [2.05, 4.69) is 16.7 Å². The van der Waals surface area contributed by atoms with E-state index in [0.717, 1.165) is 36.9 Å². The first-order chi connectivity index (χ1) is 14.8. The molecule has 1 saturated heterocycles. The van der Waals surface area contributed by atoms with E-state index in [0.29, 0.717) is 10.5 Å². The summed E-state index contributed by atoms with van der Waals surface area (Å²) in [5.41, 5.74) is 3.27. The fourth-order valence-corrected chi connectivity index (χ4v) is 4.06. The largest absolute Gasteiger partial charge is 0.341 e. The molecule has 1 aliphatic heterocycles. The molecule has 1 fully saturated rings. The number of piperidine rings is 1. The van der Waals surface area contributed by atoms with Gasteiger partial charge in [-0.15, -0.1) is 0 Å². The van der Waals surface area contributed by atoms with E-state index >= 15 is 0 Å². The third-order valence-corrected chi connectivity index (χ3v) is 6.20. The van der Waals surface area contributed by atoms with E-state index in [-0.39, 0.29) is 12.5 Å². The van der Waals surface area contributed by atoms with Gasteiger partial charge in [0.1, 0.15) is 12.6 Å². The highest BCUT2D eigenvalue weighted by Crippen LogP contribution is 2.24. The molecule has 0 aliphatic carbocycles. The molecule has 2 unspecified atom stereocenters. The van der Waals surface area contributed by atoms with Gasteiger partial charge in [0.25, 0.3) is 0 Å². The first-order valence-electron chi connectivity index (χ1n) is 10.2. The van der Waals surface area contributed by atoms with Crippen molar-refractivity contribution in [3.05, 3.63) is 53.6 Å². The molecule has 6 nitrogen and oxygen atoms in total. The van der Waals surface area contributed by atoms with E-state index in [1.807, 2.05) is 56.3 Å². The molecule has 1 amide bonds. The van der Waals surface area contributed by atoms with Crippen molar-refractivity contribution in [1.82, 2.24) is 10.6 Å². The Morgan fingerprint density at radius 1 is 1.16 bits per heavy atom. The lowest BCUT2D eigenvalue weighted by atomic mass is 9.90. The number of nitrogens with zero attached hydrogens (tertiary/aromatic N) is 2. The van der Waals surface area contributed by atoms with Gasteiger partial charge in [-0.3, -0.25) is 9.00 Å². The summed E-state index contributed by atoms with van der Waals surface area (Å²) in [4.78, 5) is 12.1. The van der Waals surface area contributed by atoms with Crippen LogP contribution in [0.2, 0.25) is 0 Å². The Bertz CT molecular complexity index is 1010. The van der Waals surface area contributed by atoms with E-state index in [4.69, 9.17) is 10.5 Å². The molecule has 2 aromatic carbocycles. The number of hydrogen-bond acceptors (Lipinski definition) is 5. The summed E-state index contributed by atoms with van der Waals surface area (Å²) in [6.07, 6.45) is 4.64. The molecule has 7 heteroatoms. The van der Waals surface area contributed by atoms with Crippen LogP contribution in [0, 0.1) is 29.6 Å². The van der Waals surface area contributed by atoms with Gasteiger partial charge in [-0.25, -0.2) is 0 Å². The number of carbonyl (C=O) groups excluding carboxylic acids is 1. The topological polar surface area (TPSA) is 106 Å². The third kappa shape index (κ3) is 6.75. The van der Waals surface area contributed by atoms with Crippen LogP contribution in [-0.4, -0.2) is 35.0 Å². The van der Waals surface area contributed by atoms with Gasteiger partial charge in [-0.1, -0.05) is 35.9 Å². The number of aryl methyl sites for hydroxylation is 1. The zero-order valence-corrected chi connectivity index (χ0v) is 19.0. The molecule has 162 valence electrons. The summed E-state index contributed by atoms with van der Waals surface area (Å²) < 4.78 is 11.6. The average molecular weight is 437 g/mol. The number of nitriles is 2. The van der Waals surface area contributed by atoms with Crippen LogP contribution in [0.15, 0.2) is 47.4 Å². The molecule has 2 aromatic rings. The van der Waals surface area contributed by atoms with Crippen LogP contribution in [0.1, 0.15) is 37.3 Å². The molecule has 2 atom stereocenters. The Balaban J connectivity index is 0.000000233. The minimum absolute atomic E-state index is 0.0613. The Morgan fingerprint density at radius 3 is 2.39 bits per heavy atom. The summed E-state index contributed by atoms with van der Waals surface area (Å²) in [6, 6.07) is 17.5. The number of benzene rings is 2. The molecule has 0 radical (unpaired) electrons. The zero-order chi connectivity index (χ0) is 22.9. The summed E-state index contributed by atoms with van der Waals surface area (Å²) in [5.74, 6) is -0.0613. The normalized spacial score (nSPS) is 18.5. The van der Waals surface area contributed by atoms with Gasteiger partial charge >= 0.3 is 0 Å². The van der Waals surface area contributed by atoms with Crippen molar-refractivity contribution in [2.75, 3.05) is 19.3 Å². The second-order valence-electron chi connectivity index (χ2n) is 7.70. The van der Waals surface area contributed by atoms with Crippen molar-refractivity contribution in [2.24, 2.45) is 0 Å². The van der Waals surface area contributed by atoms with Crippen molar-refractivity contribution in [1.29, 1.82) is 10.5 Å². The van der Waals surface area contributed by atoms with Crippen LogP contribution in [0.3, 0.4) is 0 Å². The van der Waals surface area contributed by atoms with Crippen LogP contribution >= 0.6 is 0 Å². The quantitative estimate of drug-likeness (QED) is 0.714. The van der Waals surface area contributed by atoms with Crippen molar-refractivity contribution < 1.29 is 9.00 Å². The summed E-state index contributed by atoms with van der Waals surface area (Å²) in [7, 11) is -1.15. The molecule has 0 aromatic heterocycles. The van der Waals surface area contributed by atoms with E-state index in [1.54, 1.807) is 12.3 Å². The molecular weight excluding hydrogens is 408 g/mol. The Morgan fingerprint density at radius 2 is 1.84 bits per heavy atom. The van der Waals surface area contributed by atoms with Crippen molar-refractivity contribution in [3.8, 4) is 23.3 Å². The van der Waals surface area contributed by atoms with E-state index < -0.39 is 16.3 Å². The molecule has 1 heterocycles. The van der Waals surface area contributed by atoms with Gasteiger partial charge in [-0.05, 0) is 62.9 Å². The highest BCUT2D eigenvalue weighted by atomic mass is 32.2. The molecule has 0 spiro atoms. The Kier molecular flexibility index (Phi) is 8.93. The first kappa shape index (κ1) is 24.3. The fraction of sp³-hybridized carbons (Fsp3) is 0.375. The average Bonchev–Trinajstić information content (AvgIpc) is 2.78. The number of carbonyl (C=O) groups is 1. The maximum absolute atomic E-state index is 11.6. The minimum Gasteiger partial charge on any atom is -0.341 e. The van der Waals surface area contributed by atoms with Crippen LogP contribution in [0.5, 0.6) is 0 Å². The van der Waals surface area contributed by atoms with E-state index in [9.17, 15) is 9.00 Å². The maximum atomic E-state index is 11.6. The third-order valence-electron chi connectivity index (χ3n) is 5.24. The molecule has 3 rings (SSSR count). The van der Waals surface area contributed by atoms with Gasteiger partial charge in [0, 0.05) is 6.26 Å². The lowest BCUT2D eigenvalue weighted by molar-refractivity contribution is -0.127. The van der Waals surface area contributed by atoms with Gasteiger partial charge in [0.2, 0.25) is 5.91 Å². The Hall–Kier alpha value is -3.00. The van der Waals surface area contributed by atoms with Gasteiger partial charge in [0.15, 0.2) is 0 Å². The number of rotatable bonds is 4. The molecule has 0 bridgehead atoms. The SMILES string of the molecule is CC1(C(=O)NCC#N)CCCCN1.Cc1ccc(-c2ccc(C#N)c(S(C)=O)c2)cc1. The monoisotopic (exact) mass is 436 g/mol. The van der Waals surface area contributed by atoms with E-state index in [1.165, 1.54) is 5.56 Å². The highest BCUT2D eigenvalue weighted by molar-refractivity contribution is 7.84. The van der Waals surface area contributed by atoms with Gasteiger partial charge < -0.3 is 10.6 Å². The minimum atomic E-state index is -1.15. The zero-order valence-electron chi connectivity index (χ0n) is 18.2. The maximum Gasteiger partial charge on any atom is 0.240 e. The van der Waals surface area contributed by atoms with Crippen LogP contribution in [-0.2, 0) is 15.6 Å². The lowest BCUT2D eigenvalue weighted by Crippen LogP contribution is -2.56. The van der Waals surface area contributed by atoms with Crippen molar-refractivity contribution >= 4 is 16.7 Å². The van der Waals surface area contributed by atoms with Crippen molar-refractivity contribution in [3.63, 3.8) is 0 Å². The standard InChI is InChI=1S/C15H13NOS.C9H15N3O/c1-11-3-5-12(6-4-11)13-7-8-14(10-16)15(9-13)18(2)17;1-9(4-2-3-6-12-9)8(13)11-7-5-10/h3-9H,1-2H3;12H,2-4,6-7H2,1H3,(H,11,13). The summed E-state index contributed by atoms with van der Waals surface area (Å²) in [6.45, 7) is 4.90. The van der Waals surface area contributed by atoms with Crippen LogP contribution < -0.4 is 10.6 Å². The number of amides is 1. The molecule has 31 heavy (non-hydrogen) atoms. The molecular formula is C24H28N4O2S. The summed E-state index contributed by atoms with van der Waals surface area (Å²) in [5, 5.41) is 23.1. The Labute approximate surface area is 186 Å². The first-order valence-corrected chi connectivity index (χ1v) is 11.7.